The van der Waals surface area contributed by atoms with Gasteiger partial charge in [-0.05, 0) is 32.0 Å². The van der Waals surface area contributed by atoms with Crippen LogP contribution in [0.3, 0.4) is 0 Å². The van der Waals surface area contributed by atoms with Crippen LogP contribution in [-0.4, -0.2) is 42.2 Å². The molecule has 106 valence electrons. The molecule has 0 saturated carbocycles. The molecule has 19 heavy (non-hydrogen) atoms. The summed E-state index contributed by atoms with van der Waals surface area (Å²) in [6.07, 6.45) is 1.12. The molecular weight excluding hydrogens is 238 g/mol. The van der Waals surface area contributed by atoms with E-state index < -0.39 is 0 Å². The Labute approximate surface area is 116 Å². The average molecular weight is 263 g/mol. The largest absolute Gasteiger partial charge is 0.381 e. The zero-order valence-corrected chi connectivity index (χ0v) is 12.0. The smallest absolute Gasteiger partial charge is 0.0547 e. The fraction of sp³-hybridized carbons (Fsp3) is 0.667. The maximum absolute atomic E-state index is 5.99. The van der Waals surface area contributed by atoms with Crippen LogP contribution in [0.15, 0.2) is 18.2 Å². The summed E-state index contributed by atoms with van der Waals surface area (Å²) in [5.41, 5.74) is 8.19. The Kier molecular flexibility index (Phi) is 5.31. The molecule has 4 heteroatoms. The predicted octanol–water partition coefficient (Wildman–Crippen LogP) is 1.58. The molecule has 1 aliphatic heterocycles. The first-order chi connectivity index (χ1) is 9.24. The first-order valence-electron chi connectivity index (χ1n) is 7.19. The molecule has 2 atom stereocenters. The van der Waals surface area contributed by atoms with Gasteiger partial charge in [0.15, 0.2) is 0 Å². The van der Waals surface area contributed by atoms with E-state index in [1.165, 1.54) is 0 Å². The lowest BCUT2D eigenvalue weighted by Crippen LogP contribution is -2.45. The fourth-order valence-electron chi connectivity index (χ4n) is 2.86. The molecule has 0 amide bonds. The second-order valence-corrected chi connectivity index (χ2v) is 5.26. The molecule has 1 aromatic rings. The van der Waals surface area contributed by atoms with Crippen molar-refractivity contribution < 1.29 is 4.74 Å². The van der Waals surface area contributed by atoms with Crippen LogP contribution in [0.25, 0.3) is 0 Å². The van der Waals surface area contributed by atoms with E-state index in [4.69, 9.17) is 10.5 Å². The lowest BCUT2D eigenvalue weighted by atomic mass is 9.97. The van der Waals surface area contributed by atoms with Crippen molar-refractivity contribution >= 4 is 0 Å². The molecule has 2 N–H and O–H groups in total. The van der Waals surface area contributed by atoms with Gasteiger partial charge >= 0.3 is 0 Å². The number of pyridine rings is 1. The van der Waals surface area contributed by atoms with Crippen LogP contribution in [-0.2, 0) is 11.3 Å². The van der Waals surface area contributed by atoms with Gasteiger partial charge in [0.2, 0.25) is 0 Å². The minimum Gasteiger partial charge on any atom is -0.381 e. The summed E-state index contributed by atoms with van der Waals surface area (Å²) in [6.45, 7) is 8.50. The van der Waals surface area contributed by atoms with Crippen molar-refractivity contribution in [3.63, 3.8) is 0 Å². The van der Waals surface area contributed by atoms with Gasteiger partial charge in [0, 0.05) is 37.4 Å². The quantitative estimate of drug-likeness (QED) is 0.846. The third-order valence-electron chi connectivity index (χ3n) is 3.94. The molecule has 0 bridgehead atoms. The van der Waals surface area contributed by atoms with E-state index in [1.54, 1.807) is 0 Å². The number of ether oxygens (including phenoxy) is 1. The van der Waals surface area contributed by atoms with Gasteiger partial charge < -0.3 is 10.5 Å². The van der Waals surface area contributed by atoms with Gasteiger partial charge in [-0.1, -0.05) is 13.0 Å². The Morgan fingerprint density at radius 3 is 2.95 bits per heavy atom. The molecule has 1 aromatic heterocycles. The molecular formula is C15H25N3O. The Hall–Kier alpha value is -0.970. The molecule has 0 radical (unpaired) electrons. The monoisotopic (exact) mass is 263 g/mol. The van der Waals surface area contributed by atoms with Gasteiger partial charge in [0.25, 0.3) is 0 Å². The van der Waals surface area contributed by atoms with Crippen LogP contribution in [0.4, 0.5) is 0 Å². The number of aromatic nitrogens is 1. The number of nitrogens with zero attached hydrogens (tertiary/aromatic N) is 2. The minimum atomic E-state index is 0.398. The van der Waals surface area contributed by atoms with Crippen molar-refractivity contribution in [1.82, 2.24) is 9.88 Å². The molecule has 1 saturated heterocycles. The highest BCUT2D eigenvalue weighted by Crippen LogP contribution is 2.21. The highest BCUT2D eigenvalue weighted by atomic mass is 16.5. The van der Waals surface area contributed by atoms with E-state index in [0.717, 1.165) is 44.1 Å². The molecule has 1 aliphatic rings. The van der Waals surface area contributed by atoms with E-state index in [2.05, 4.69) is 28.9 Å². The van der Waals surface area contributed by atoms with Crippen molar-refractivity contribution in [3.8, 4) is 0 Å². The van der Waals surface area contributed by atoms with E-state index in [1.807, 2.05) is 13.0 Å². The van der Waals surface area contributed by atoms with Crippen molar-refractivity contribution in [1.29, 1.82) is 0 Å². The number of nitrogens with two attached hydrogens (primary N) is 1. The van der Waals surface area contributed by atoms with Crippen LogP contribution in [0, 0.1) is 12.8 Å². The average Bonchev–Trinajstić information content (AvgIpc) is 2.92. The first-order valence-corrected chi connectivity index (χ1v) is 7.19. The molecule has 0 aromatic carbocycles. The number of hydrogen-bond acceptors (Lipinski definition) is 4. The number of rotatable bonds is 6. The van der Waals surface area contributed by atoms with Crippen molar-refractivity contribution in [2.75, 3.05) is 26.3 Å². The van der Waals surface area contributed by atoms with Crippen LogP contribution in [0.1, 0.15) is 24.7 Å². The molecule has 1 fully saturated rings. The summed E-state index contributed by atoms with van der Waals surface area (Å²) >= 11 is 0. The summed E-state index contributed by atoms with van der Waals surface area (Å²) in [7, 11) is 0. The summed E-state index contributed by atoms with van der Waals surface area (Å²) in [6, 6.07) is 6.59. The predicted molar refractivity (Wildman–Crippen MR) is 76.8 cm³/mol. The second-order valence-electron chi connectivity index (χ2n) is 5.26. The molecule has 2 heterocycles. The Balaban J connectivity index is 2.05. The van der Waals surface area contributed by atoms with Gasteiger partial charge in [0.1, 0.15) is 0 Å². The van der Waals surface area contributed by atoms with Crippen molar-refractivity contribution in [3.05, 3.63) is 29.6 Å². The van der Waals surface area contributed by atoms with E-state index in [-0.39, 0.29) is 0 Å². The third-order valence-corrected chi connectivity index (χ3v) is 3.94. The van der Waals surface area contributed by atoms with Crippen LogP contribution in [0.2, 0.25) is 0 Å². The fourth-order valence-corrected chi connectivity index (χ4v) is 2.86. The molecule has 4 nitrogen and oxygen atoms in total. The summed E-state index contributed by atoms with van der Waals surface area (Å²) in [5, 5.41) is 0. The van der Waals surface area contributed by atoms with Crippen molar-refractivity contribution in [2.24, 2.45) is 11.7 Å². The summed E-state index contributed by atoms with van der Waals surface area (Å²) < 4.78 is 5.51. The number of hydrogen-bond donors (Lipinski definition) is 1. The number of likely N-dealkylation sites (N-methyl/N-ethyl adjacent to an activating group) is 1. The minimum absolute atomic E-state index is 0.398. The zero-order chi connectivity index (χ0) is 13.7. The second kappa shape index (κ2) is 6.98. The normalized spacial score (nSPS) is 20.9. The summed E-state index contributed by atoms with van der Waals surface area (Å²) in [5.74, 6) is 0.565. The van der Waals surface area contributed by atoms with Crippen LogP contribution < -0.4 is 5.73 Å². The molecule has 0 spiro atoms. The van der Waals surface area contributed by atoms with Gasteiger partial charge in [-0.25, -0.2) is 0 Å². The van der Waals surface area contributed by atoms with Crippen LogP contribution >= 0.6 is 0 Å². The van der Waals surface area contributed by atoms with E-state index >= 15 is 0 Å². The number of aryl methyl sites for hydroxylation is 1. The first kappa shape index (κ1) is 14.4. The Morgan fingerprint density at radius 1 is 1.53 bits per heavy atom. The van der Waals surface area contributed by atoms with Gasteiger partial charge in [0.05, 0.1) is 12.3 Å². The highest BCUT2D eigenvalue weighted by molar-refractivity contribution is 5.10. The SMILES string of the molecule is CCN(Cc1cccc(C)n1)C(CN)C1CCOC1. The van der Waals surface area contributed by atoms with E-state index in [0.29, 0.717) is 18.5 Å². The zero-order valence-electron chi connectivity index (χ0n) is 12.0. The third kappa shape index (κ3) is 3.75. The Morgan fingerprint density at radius 2 is 2.37 bits per heavy atom. The van der Waals surface area contributed by atoms with Gasteiger partial charge in [-0.2, -0.15) is 0 Å². The van der Waals surface area contributed by atoms with Gasteiger partial charge in [-0.3, -0.25) is 9.88 Å². The topological polar surface area (TPSA) is 51.4 Å². The lowest BCUT2D eigenvalue weighted by Gasteiger charge is -2.33. The van der Waals surface area contributed by atoms with E-state index in [9.17, 15) is 0 Å². The Bertz CT molecular complexity index is 391. The highest BCUT2D eigenvalue weighted by Gasteiger charge is 2.29. The lowest BCUT2D eigenvalue weighted by molar-refractivity contribution is 0.120. The summed E-state index contributed by atoms with van der Waals surface area (Å²) in [4.78, 5) is 7.02. The maximum Gasteiger partial charge on any atom is 0.0547 e. The maximum atomic E-state index is 5.99. The molecule has 2 rings (SSSR count). The van der Waals surface area contributed by atoms with Crippen molar-refractivity contribution in [2.45, 2.75) is 32.9 Å². The van der Waals surface area contributed by atoms with Gasteiger partial charge in [-0.15, -0.1) is 0 Å². The molecule has 0 aliphatic carbocycles. The van der Waals surface area contributed by atoms with Crippen LogP contribution in [0.5, 0.6) is 0 Å². The standard InChI is InChI=1S/C15H25N3O/c1-3-18(10-14-6-4-5-12(2)17-14)15(9-16)13-7-8-19-11-13/h4-6,13,15H,3,7-11,16H2,1-2H3. The molecule has 2 unspecified atom stereocenters.